The summed E-state index contributed by atoms with van der Waals surface area (Å²) in [6.07, 6.45) is 2.15. The van der Waals surface area contributed by atoms with Gasteiger partial charge in [0.2, 0.25) is 0 Å². The highest BCUT2D eigenvalue weighted by Gasteiger charge is 2.18. The van der Waals surface area contributed by atoms with Crippen LogP contribution in [-0.2, 0) is 19.6 Å². The normalized spacial score (nSPS) is 11.0. The second-order valence-corrected chi connectivity index (χ2v) is 9.19. The number of nitrogens with one attached hydrogen (secondary N) is 1. The number of amides is 1. The van der Waals surface area contributed by atoms with E-state index in [1.807, 2.05) is 32.0 Å². The van der Waals surface area contributed by atoms with Gasteiger partial charge >= 0.3 is 0 Å². The first-order valence-electron chi connectivity index (χ1n) is 11.4. The number of carbonyl (C=O) groups excluding carboxylic acids is 1. The number of hydrogen-bond donors (Lipinski definition) is 1. The quantitative estimate of drug-likeness (QED) is 0.257. The van der Waals surface area contributed by atoms with E-state index >= 15 is 0 Å². The molecule has 0 aliphatic heterocycles. The number of benzene rings is 2. The molecule has 0 fully saturated rings. The summed E-state index contributed by atoms with van der Waals surface area (Å²) < 4.78 is 13.3. The van der Waals surface area contributed by atoms with Crippen LogP contribution in [0.1, 0.15) is 52.2 Å². The lowest BCUT2D eigenvalue weighted by Crippen LogP contribution is -2.12. The monoisotopic (exact) mass is 511 g/mol. The van der Waals surface area contributed by atoms with Crippen molar-refractivity contribution in [3.63, 3.8) is 0 Å². The Hall–Kier alpha value is -3.22. The second kappa shape index (κ2) is 11.0. The van der Waals surface area contributed by atoms with E-state index in [0.717, 1.165) is 29.8 Å². The third-order valence-electron chi connectivity index (χ3n) is 5.68. The Labute approximate surface area is 214 Å². The summed E-state index contributed by atoms with van der Waals surface area (Å²) >= 11 is 12.3. The number of aromatic nitrogens is 2. The first kappa shape index (κ1) is 24.9. The van der Waals surface area contributed by atoms with E-state index in [9.17, 15) is 4.79 Å². The lowest BCUT2D eigenvalue weighted by atomic mass is 10.1. The molecule has 2 heterocycles. The predicted molar refractivity (Wildman–Crippen MR) is 139 cm³/mol. The minimum Gasteiger partial charge on any atom is -0.486 e. The van der Waals surface area contributed by atoms with Gasteiger partial charge in [0.1, 0.15) is 18.1 Å². The molecule has 0 unspecified atom stereocenters. The Bertz CT molecular complexity index is 1330. The van der Waals surface area contributed by atoms with E-state index in [-0.39, 0.29) is 18.3 Å². The molecular weight excluding hydrogens is 485 g/mol. The first-order chi connectivity index (χ1) is 16.8. The van der Waals surface area contributed by atoms with Gasteiger partial charge in [0.05, 0.1) is 23.6 Å². The van der Waals surface area contributed by atoms with Gasteiger partial charge in [-0.05, 0) is 67.8 Å². The maximum Gasteiger partial charge on any atom is 0.291 e. The van der Waals surface area contributed by atoms with E-state index in [1.165, 1.54) is 5.56 Å². The molecular formula is C27H27Cl2N3O3. The molecule has 35 heavy (non-hydrogen) atoms. The molecule has 0 spiro atoms. The van der Waals surface area contributed by atoms with Crippen molar-refractivity contribution >= 4 is 34.8 Å². The SMILES string of the molecule is CCCc1ccc(OCc2ccc(C(=O)Nc3c(C)nn(Cc4ccc(Cl)cc4Cl)c3C)o2)cc1. The summed E-state index contributed by atoms with van der Waals surface area (Å²) in [4.78, 5) is 12.8. The van der Waals surface area contributed by atoms with Crippen LogP contribution >= 0.6 is 23.2 Å². The van der Waals surface area contributed by atoms with Crippen LogP contribution in [0.4, 0.5) is 5.69 Å². The number of aryl methyl sites for hydroxylation is 2. The summed E-state index contributed by atoms with van der Waals surface area (Å²) in [6, 6.07) is 16.8. The van der Waals surface area contributed by atoms with Crippen molar-refractivity contribution in [2.45, 2.75) is 46.8 Å². The molecule has 0 bridgehead atoms. The molecule has 8 heteroatoms. The van der Waals surface area contributed by atoms with E-state index in [2.05, 4.69) is 29.5 Å². The van der Waals surface area contributed by atoms with Crippen LogP contribution in [0.25, 0.3) is 0 Å². The Morgan fingerprint density at radius 2 is 1.86 bits per heavy atom. The van der Waals surface area contributed by atoms with Crippen molar-refractivity contribution in [3.05, 3.63) is 98.7 Å². The zero-order valence-corrected chi connectivity index (χ0v) is 21.4. The van der Waals surface area contributed by atoms with Gasteiger partial charge in [0, 0.05) is 10.0 Å². The highest BCUT2D eigenvalue weighted by atomic mass is 35.5. The highest BCUT2D eigenvalue weighted by molar-refractivity contribution is 6.35. The molecule has 0 atom stereocenters. The number of nitrogens with zero attached hydrogens (tertiary/aromatic N) is 2. The van der Waals surface area contributed by atoms with Crippen molar-refractivity contribution in [2.75, 3.05) is 5.32 Å². The first-order valence-corrected chi connectivity index (χ1v) is 12.2. The van der Waals surface area contributed by atoms with Gasteiger partial charge in [-0.2, -0.15) is 5.10 Å². The topological polar surface area (TPSA) is 69.3 Å². The molecule has 182 valence electrons. The number of ether oxygens (including phenoxy) is 1. The molecule has 2 aromatic carbocycles. The number of rotatable bonds is 9. The van der Waals surface area contributed by atoms with Crippen LogP contribution in [0.2, 0.25) is 10.0 Å². The maximum absolute atomic E-state index is 12.8. The fourth-order valence-corrected chi connectivity index (χ4v) is 4.26. The average Bonchev–Trinajstić information content (AvgIpc) is 3.41. The molecule has 0 aliphatic carbocycles. The molecule has 4 aromatic rings. The molecule has 0 saturated carbocycles. The van der Waals surface area contributed by atoms with Gasteiger partial charge in [-0.15, -0.1) is 0 Å². The molecule has 4 rings (SSSR count). The van der Waals surface area contributed by atoms with Crippen molar-refractivity contribution in [2.24, 2.45) is 0 Å². The number of carbonyl (C=O) groups is 1. The number of hydrogen-bond acceptors (Lipinski definition) is 4. The third kappa shape index (κ3) is 6.08. The van der Waals surface area contributed by atoms with Gasteiger partial charge in [0.25, 0.3) is 5.91 Å². The summed E-state index contributed by atoms with van der Waals surface area (Å²) in [6.45, 7) is 6.59. The van der Waals surface area contributed by atoms with E-state index in [4.69, 9.17) is 32.4 Å². The van der Waals surface area contributed by atoms with Gasteiger partial charge in [-0.1, -0.05) is 54.7 Å². The molecule has 0 saturated heterocycles. The second-order valence-electron chi connectivity index (χ2n) is 8.34. The van der Waals surface area contributed by atoms with Crippen LogP contribution in [0.5, 0.6) is 5.75 Å². The Balaban J connectivity index is 1.39. The van der Waals surface area contributed by atoms with E-state index in [0.29, 0.717) is 33.7 Å². The van der Waals surface area contributed by atoms with Crippen LogP contribution in [0, 0.1) is 13.8 Å². The number of anilines is 1. The summed E-state index contributed by atoms with van der Waals surface area (Å²) in [7, 11) is 0. The molecule has 0 aliphatic rings. The minimum atomic E-state index is -0.351. The average molecular weight is 512 g/mol. The van der Waals surface area contributed by atoms with Crippen molar-refractivity contribution in [1.29, 1.82) is 0 Å². The smallest absolute Gasteiger partial charge is 0.291 e. The predicted octanol–water partition coefficient (Wildman–Crippen LogP) is 7.23. The van der Waals surface area contributed by atoms with Crippen LogP contribution in [-0.4, -0.2) is 15.7 Å². The van der Waals surface area contributed by atoms with E-state index in [1.54, 1.807) is 28.9 Å². The molecule has 1 amide bonds. The van der Waals surface area contributed by atoms with Gasteiger partial charge in [-0.3, -0.25) is 9.48 Å². The Kier molecular flexibility index (Phi) is 7.83. The van der Waals surface area contributed by atoms with Crippen LogP contribution in [0.3, 0.4) is 0 Å². The van der Waals surface area contributed by atoms with Gasteiger partial charge in [-0.25, -0.2) is 0 Å². The van der Waals surface area contributed by atoms with Crippen molar-refractivity contribution in [3.8, 4) is 5.75 Å². The van der Waals surface area contributed by atoms with Crippen LogP contribution in [0.15, 0.2) is 59.0 Å². The molecule has 6 nitrogen and oxygen atoms in total. The third-order valence-corrected chi connectivity index (χ3v) is 6.27. The van der Waals surface area contributed by atoms with Crippen molar-refractivity contribution in [1.82, 2.24) is 9.78 Å². The Morgan fingerprint density at radius 3 is 2.57 bits per heavy atom. The number of halogens is 2. The summed E-state index contributed by atoms with van der Waals surface area (Å²) in [5.74, 6) is 1.17. The largest absolute Gasteiger partial charge is 0.486 e. The minimum absolute atomic E-state index is 0.203. The van der Waals surface area contributed by atoms with Crippen molar-refractivity contribution < 1.29 is 13.9 Å². The zero-order valence-electron chi connectivity index (χ0n) is 19.9. The van der Waals surface area contributed by atoms with Gasteiger partial charge in [0.15, 0.2) is 5.76 Å². The lowest BCUT2D eigenvalue weighted by molar-refractivity contribution is 0.0992. The van der Waals surface area contributed by atoms with Crippen LogP contribution < -0.4 is 10.1 Å². The fraction of sp³-hybridized carbons (Fsp3) is 0.259. The standard InChI is InChI=1S/C27H27Cl2N3O3/c1-4-5-19-6-10-22(11-7-19)34-16-23-12-13-25(35-23)27(33)30-26-17(2)31-32(18(26)3)15-20-8-9-21(28)14-24(20)29/h6-14H,4-5,15-16H2,1-3H3,(H,30,33). The fourth-order valence-electron chi connectivity index (χ4n) is 3.79. The maximum atomic E-state index is 12.8. The van der Waals surface area contributed by atoms with Gasteiger partial charge < -0.3 is 14.5 Å². The zero-order chi connectivity index (χ0) is 24.9. The van der Waals surface area contributed by atoms with E-state index < -0.39 is 0 Å². The summed E-state index contributed by atoms with van der Waals surface area (Å²) in [5, 5.41) is 8.62. The summed E-state index contributed by atoms with van der Waals surface area (Å²) in [5.41, 5.74) is 4.31. The lowest BCUT2D eigenvalue weighted by Gasteiger charge is -2.08. The highest BCUT2D eigenvalue weighted by Crippen LogP contribution is 2.26. The number of furan rings is 1. The Morgan fingerprint density at radius 1 is 1.09 bits per heavy atom. The molecule has 1 N–H and O–H groups in total. The molecule has 2 aromatic heterocycles. The molecule has 0 radical (unpaired) electrons.